The lowest BCUT2D eigenvalue weighted by Gasteiger charge is -2.36. The average Bonchev–Trinajstić information content (AvgIpc) is 2.93. The molecule has 1 heterocycles. The molecule has 0 radical (unpaired) electrons. The SMILES string of the molecule is I.NC(=NCC1CCC(F)(F)C1)N1CCN(c2ccc(F)cc2)CC1. The average molecular weight is 468 g/mol. The van der Waals surface area contributed by atoms with Gasteiger partial charge < -0.3 is 15.5 Å². The van der Waals surface area contributed by atoms with Crippen molar-refractivity contribution in [1.82, 2.24) is 4.90 Å². The second kappa shape index (κ2) is 8.46. The van der Waals surface area contributed by atoms with Crippen LogP contribution in [-0.2, 0) is 0 Å². The van der Waals surface area contributed by atoms with E-state index < -0.39 is 5.92 Å². The van der Waals surface area contributed by atoms with Gasteiger partial charge in [0.1, 0.15) is 5.82 Å². The van der Waals surface area contributed by atoms with E-state index in [2.05, 4.69) is 9.89 Å². The summed E-state index contributed by atoms with van der Waals surface area (Å²) in [5.74, 6) is -2.41. The molecule has 0 aromatic heterocycles. The van der Waals surface area contributed by atoms with Crippen molar-refractivity contribution in [2.45, 2.75) is 25.2 Å². The number of nitrogens with two attached hydrogens (primary N) is 1. The second-order valence-corrected chi connectivity index (χ2v) is 6.61. The van der Waals surface area contributed by atoms with Crippen LogP contribution in [0.3, 0.4) is 0 Å². The molecule has 0 spiro atoms. The van der Waals surface area contributed by atoms with Crippen LogP contribution in [0.15, 0.2) is 29.3 Å². The topological polar surface area (TPSA) is 44.9 Å². The molecule has 1 saturated carbocycles. The van der Waals surface area contributed by atoms with Crippen LogP contribution in [0.5, 0.6) is 0 Å². The number of anilines is 1. The standard InChI is InChI=1S/C17H23F3N4.HI/c18-14-1-3-15(4-2-14)23-7-9-24(10-8-23)16(21)22-12-13-5-6-17(19,20)11-13;/h1-4,13H,5-12H2,(H2,21,22);1H. The summed E-state index contributed by atoms with van der Waals surface area (Å²) in [7, 11) is 0. The van der Waals surface area contributed by atoms with Gasteiger partial charge in [-0.25, -0.2) is 13.2 Å². The molecule has 1 atom stereocenters. The van der Waals surface area contributed by atoms with E-state index in [1.54, 1.807) is 12.1 Å². The Bertz CT molecular complexity index is 586. The molecule has 1 unspecified atom stereocenters. The molecule has 1 aliphatic carbocycles. The number of benzene rings is 1. The number of nitrogens with zero attached hydrogens (tertiary/aromatic N) is 3. The smallest absolute Gasteiger partial charge is 0.248 e. The molecule has 1 aromatic carbocycles. The molecule has 1 aromatic rings. The van der Waals surface area contributed by atoms with E-state index in [9.17, 15) is 13.2 Å². The molecule has 140 valence electrons. The fourth-order valence-electron chi connectivity index (χ4n) is 3.37. The monoisotopic (exact) mass is 468 g/mol. The first-order chi connectivity index (χ1) is 11.4. The van der Waals surface area contributed by atoms with Crippen molar-refractivity contribution in [3.8, 4) is 0 Å². The first-order valence-electron chi connectivity index (χ1n) is 8.36. The normalized spacial score (nSPS) is 23.5. The highest BCUT2D eigenvalue weighted by Gasteiger charge is 2.39. The third kappa shape index (κ3) is 5.39. The van der Waals surface area contributed by atoms with Crippen LogP contribution in [0.25, 0.3) is 0 Å². The van der Waals surface area contributed by atoms with Crippen LogP contribution in [0, 0.1) is 11.7 Å². The van der Waals surface area contributed by atoms with Crippen LogP contribution < -0.4 is 10.6 Å². The lowest BCUT2D eigenvalue weighted by molar-refractivity contribution is 0.00541. The lowest BCUT2D eigenvalue weighted by atomic mass is 10.1. The maximum atomic E-state index is 13.2. The highest BCUT2D eigenvalue weighted by molar-refractivity contribution is 14.0. The zero-order valence-corrected chi connectivity index (χ0v) is 16.3. The van der Waals surface area contributed by atoms with E-state index in [0.29, 0.717) is 32.0 Å². The van der Waals surface area contributed by atoms with Crippen molar-refractivity contribution in [1.29, 1.82) is 0 Å². The fraction of sp³-hybridized carbons (Fsp3) is 0.588. The first-order valence-corrected chi connectivity index (χ1v) is 8.36. The number of hydrogen-bond donors (Lipinski definition) is 1. The van der Waals surface area contributed by atoms with Crippen molar-refractivity contribution in [2.75, 3.05) is 37.6 Å². The minimum atomic E-state index is -2.53. The molecule has 4 nitrogen and oxygen atoms in total. The van der Waals surface area contributed by atoms with Crippen LogP contribution >= 0.6 is 24.0 Å². The minimum Gasteiger partial charge on any atom is -0.370 e. The van der Waals surface area contributed by atoms with Crippen LogP contribution in [0.1, 0.15) is 19.3 Å². The van der Waals surface area contributed by atoms with E-state index >= 15 is 0 Å². The number of halogens is 4. The molecule has 0 bridgehead atoms. The highest BCUT2D eigenvalue weighted by Crippen LogP contribution is 2.38. The van der Waals surface area contributed by atoms with Gasteiger partial charge in [0, 0.05) is 51.3 Å². The summed E-state index contributed by atoms with van der Waals surface area (Å²) >= 11 is 0. The predicted molar refractivity (Wildman–Crippen MR) is 104 cm³/mol. The van der Waals surface area contributed by atoms with Gasteiger partial charge in [0.05, 0.1) is 0 Å². The molecule has 0 amide bonds. The zero-order chi connectivity index (χ0) is 17.2. The van der Waals surface area contributed by atoms with E-state index in [-0.39, 0.29) is 48.6 Å². The third-order valence-electron chi connectivity index (χ3n) is 4.81. The molecule has 8 heteroatoms. The predicted octanol–water partition coefficient (Wildman–Crippen LogP) is 3.32. The quantitative estimate of drug-likeness (QED) is 0.421. The van der Waals surface area contributed by atoms with Gasteiger partial charge in [0.15, 0.2) is 5.96 Å². The number of guanidine groups is 1. The number of rotatable bonds is 3. The van der Waals surface area contributed by atoms with E-state index in [4.69, 9.17) is 5.73 Å². The molecular weight excluding hydrogens is 444 g/mol. The Morgan fingerprint density at radius 2 is 1.80 bits per heavy atom. The van der Waals surface area contributed by atoms with Gasteiger partial charge in [0.2, 0.25) is 5.92 Å². The molecule has 1 aliphatic heterocycles. The van der Waals surface area contributed by atoms with Gasteiger partial charge in [-0.2, -0.15) is 0 Å². The Hall–Kier alpha value is -1.19. The Morgan fingerprint density at radius 1 is 1.16 bits per heavy atom. The minimum absolute atomic E-state index is 0. The van der Waals surface area contributed by atoms with Crippen molar-refractivity contribution < 1.29 is 13.2 Å². The molecule has 3 rings (SSSR count). The summed E-state index contributed by atoms with van der Waals surface area (Å²) in [5.41, 5.74) is 7.00. The third-order valence-corrected chi connectivity index (χ3v) is 4.81. The van der Waals surface area contributed by atoms with Crippen LogP contribution in [-0.4, -0.2) is 49.5 Å². The summed E-state index contributed by atoms with van der Waals surface area (Å²) in [6.07, 6.45) is 0.397. The molecule has 2 fully saturated rings. The molecule has 25 heavy (non-hydrogen) atoms. The summed E-state index contributed by atoms with van der Waals surface area (Å²) in [6, 6.07) is 6.44. The summed E-state index contributed by atoms with van der Waals surface area (Å²) < 4.78 is 39.3. The highest BCUT2D eigenvalue weighted by atomic mass is 127. The number of alkyl halides is 2. The summed E-state index contributed by atoms with van der Waals surface area (Å²) in [6.45, 7) is 3.34. The maximum Gasteiger partial charge on any atom is 0.248 e. The Balaban J connectivity index is 0.00000225. The van der Waals surface area contributed by atoms with Crippen molar-refractivity contribution in [2.24, 2.45) is 16.6 Å². The number of hydrogen-bond acceptors (Lipinski definition) is 2. The molecule has 2 N–H and O–H groups in total. The van der Waals surface area contributed by atoms with Gasteiger partial charge in [-0.3, -0.25) is 4.99 Å². The van der Waals surface area contributed by atoms with Crippen LogP contribution in [0.2, 0.25) is 0 Å². The van der Waals surface area contributed by atoms with Crippen molar-refractivity contribution in [3.63, 3.8) is 0 Å². The molecular formula is C17H24F3IN4. The zero-order valence-electron chi connectivity index (χ0n) is 14.0. The largest absolute Gasteiger partial charge is 0.370 e. The van der Waals surface area contributed by atoms with Crippen molar-refractivity contribution in [3.05, 3.63) is 30.1 Å². The second-order valence-electron chi connectivity index (χ2n) is 6.61. The summed E-state index contributed by atoms with van der Waals surface area (Å²) in [4.78, 5) is 8.47. The Morgan fingerprint density at radius 3 is 2.36 bits per heavy atom. The number of aliphatic imine (C=N–C) groups is 1. The van der Waals surface area contributed by atoms with Gasteiger partial charge in [-0.15, -0.1) is 24.0 Å². The maximum absolute atomic E-state index is 13.2. The number of piperazine rings is 1. The van der Waals surface area contributed by atoms with Gasteiger partial charge in [-0.05, 0) is 36.6 Å². The van der Waals surface area contributed by atoms with Crippen molar-refractivity contribution >= 4 is 35.6 Å². The van der Waals surface area contributed by atoms with E-state index in [0.717, 1.165) is 18.8 Å². The molecule has 2 aliphatic rings. The van der Waals surface area contributed by atoms with Gasteiger partial charge >= 0.3 is 0 Å². The fourth-order valence-corrected chi connectivity index (χ4v) is 3.37. The van der Waals surface area contributed by atoms with E-state index in [1.165, 1.54) is 12.1 Å². The summed E-state index contributed by atoms with van der Waals surface area (Å²) in [5, 5.41) is 0. The lowest BCUT2D eigenvalue weighted by Crippen LogP contribution is -2.51. The van der Waals surface area contributed by atoms with Gasteiger partial charge in [0.25, 0.3) is 0 Å². The Labute approximate surface area is 163 Å². The van der Waals surface area contributed by atoms with Gasteiger partial charge in [-0.1, -0.05) is 0 Å². The van der Waals surface area contributed by atoms with Crippen LogP contribution in [0.4, 0.5) is 18.9 Å². The molecule has 1 saturated heterocycles. The first kappa shape index (κ1) is 20.1. The Kier molecular flexibility index (Phi) is 6.81. The van der Waals surface area contributed by atoms with E-state index in [1.807, 2.05) is 4.90 Å².